The molecule has 6 rings (SSSR count). The normalized spacial score (nSPS) is 21.4. The van der Waals surface area contributed by atoms with Crippen molar-refractivity contribution in [1.82, 2.24) is 24.5 Å². The van der Waals surface area contributed by atoms with Crippen molar-refractivity contribution in [3.8, 4) is 11.7 Å². The number of primary amides is 1. The van der Waals surface area contributed by atoms with E-state index in [1.807, 2.05) is 18.7 Å². The van der Waals surface area contributed by atoms with Crippen LogP contribution in [0.25, 0.3) is 5.82 Å². The molecule has 0 unspecified atom stereocenters. The summed E-state index contributed by atoms with van der Waals surface area (Å²) in [7, 11) is -4.46. The van der Waals surface area contributed by atoms with Crippen molar-refractivity contribution in [2.45, 2.75) is 69.1 Å². The number of anilines is 2. The van der Waals surface area contributed by atoms with E-state index in [0.29, 0.717) is 25.3 Å². The Balaban J connectivity index is 1.31. The summed E-state index contributed by atoms with van der Waals surface area (Å²) in [5.74, 6) is -0.475. The summed E-state index contributed by atoms with van der Waals surface area (Å²) in [6, 6.07) is 8.83. The second-order valence-corrected chi connectivity index (χ2v) is 15.0. The minimum Gasteiger partial charge on any atom is -0.477 e. The first-order valence-electron chi connectivity index (χ1n) is 15.9. The molecule has 2 amide bonds. The van der Waals surface area contributed by atoms with Gasteiger partial charge in [0, 0.05) is 43.2 Å². The Hall–Kier alpha value is -4.67. The first-order valence-corrected chi connectivity index (χ1v) is 17.4. The van der Waals surface area contributed by atoms with E-state index >= 15 is 0 Å². The summed E-state index contributed by atoms with van der Waals surface area (Å²) in [6.45, 7) is 4.83. The van der Waals surface area contributed by atoms with E-state index in [9.17, 15) is 31.2 Å². The molecule has 3 N–H and O–H groups in total. The summed E-state index contributed by atoms with van der Waals surface area (Å²) in [5.41, 5.74) is 3.17. The molecule has 3 aromatic heterocycles. The Morgan fingerprint density at radius 2 is 1.92 bits per heavy atom. The molecule has 1 saturated heterocycles. The van der Waals surface area contributed by atoms with Gasteiger partial charge in [0.15, 0.2) is 10.8 Å². The Morgan fingerprint density at radius 3 is 2.63 bits per heavy atom. The molecular formula is C32H37F3N8O5S. The van der Waals surface area contributed by atoms with Crippen molar-refractivity contribution in [2.75, 3.05) is 29.5 Å². The lowest BCUT2D eigenvalue weighted by Crippen LogP contribution is -2.41. The molecule has 5 heterocycles. The number of hydrogen-bond donors (Lipinski definition) is 2. The van der Waals surface area contributed by atoms with E-state index in [0.717, 1.165) is 12.8 Å². The van der Waals surface area contributed by atoms with Gasteiger partial charge in [0.25, 0.3) is 15.9 Å². The lowest BCUT2D eigenvalue weighted by molar-refractivity contribution is -0.190. The second-order valence-electron chi connectivity index (χ2n) is 13.3. The third kappa shape index (κ3) is 7.21. The van der Waals surface area contributed by atoms with E-state index in [1.54, 1.807) is 17.2 Å². The number of aromatic nitrogens is 4. The third-order valence-corrected chi connectivity index (χ3v) is 10.6. The van der Waals surface area contributed by atoms with Crippen molar-refractivity contribution < 1.29 is 35.9 Å². The zero-order valence-electron chi connectivity index (χ0n) is 27.0. The number of halogens is 3. The average molecular weight is 703 g/mol. The monoisotopic (exact) mass is 702 g/mol. The molecule has 262 valence electrons. The Kier molecular flexibility index (Phi) is 8.83. The number of nitrogens with one attached hydrogen (secondary N) is 1. The fourth-order valence-electron chi connectivity index (χ4n) is 6.51. The maximum Gasteiger partial charge on any atom is 0.394 e. The molecule has 0 aromatic carbocycles. The number of carbonyl (C=O) groups is 2. The van der Waals surface area contributed by atoms with E-state index in [2.05, 4.69) is 14.8 Å². The van der Waals surface area contributed by atoms with Gasteiger partial charge in [0.1, 0.15) is 11.6 Å². The topological polar surface area (TPSA) is 166 Å². The predicted octanol–water partition coefficient (Wildman–Crippen LogP) is 4.10. The maximum atomic E-state index is 13.7. The third-order valence-electron chi connectivity index (χ3n) is 9.34. The number of nitrogens with zero attached hydrogens (tertiary/aromatic N) is 6. The van der Waals surface area contributed by atoms with Crippen molar-refractivity contribution in [3.05, 3.63) is 60.4 Å². The molecule has 0 radical (unpaired) electrons. The van der Waals surface area contributed by atoms with E-state index in [1.165, 1.54) is 47.3 Å². The molecule has 17 heteroatoms. The van der Waals surface area contributed by atoms with Crippen LogP contribution in [-0.4, -0.2) is 71.4 Å². The number of sulfonamides is 1. The molecular weight excluding hydrogens is 665 g/mol. The van der Waals surface area contributed by atoms with Crippen LogP contribution in [0, 0.1) is 11.3 Å². The van der Waals surface area contributed by atoms with Crippen LogP contribution in [0.4, 0.5) is 24.8 Å². The highest BCUT2D eigenvalue weighted by atomic mass is 32.2. The number of pyridine rings is 2. The van der Waals surface area contributed by atoms with Crippen LogP contribution in [-0.2, 0) is 14.8 Å². The van der Waals surface area contributed by atoms with Gasteiger partial charge in [-0.1, -0.05) is 6.07 Å². The van der Waals surface area contributed by atoms with Gasteiger partial charge in [-0.3, -0.25) is 9.59 Å². The minimum atomic E-state index is -4.46. The number of amides is 2. The lowest BCUT2D eigenvalue weighted by Gasteiger charge is -2.34. The molecule has 2 aliphatic heterocycles. The van der Waals surface area contributed by atoms with Gasteiger partial charge in [0.05, 0.1) is 17.6 Å². The van der Waals surface area contributed by atoms with Gasteiger partial charge >= 0.3 is 6.18 Å². The van der Waals surface area contributed by atoms with Crippen LogP contribution in [0.15, 0.2) is 59.9 Å². The highest BCUT2D eigenvalue weighted by Gasteiger charge is 2.62. The molecule has 2 fully saturated rings. The van der Waals surface area contributed by atoms with Crippen LogP contribution in [0.5, 0.6) is 5.88 Å². The molecule has 3 aromatic rings. The van der Waals surface area contributed by atoms with Crippen LogP contribution in [0.3, 0.4) is 0 Å². The molecule has 1 atom stereocenters. The molecule has 1 saturated carbocycles. The zero-order valence-corrected chi connectivity index (χ0v) is 27.8. The van der Waals surface area contributed by atoms with Crippen LogP contribution < -0.4 is 25.0 Å². The highest BCUT2D eigenvalue weighted by molar-refractivity contribution is 7.90. The first-order chi connectivity index (χ1) is 23.1. The highest BCUT2D eigenvalue weighted by Crippen LogP contribution is 2.59. The van der Waals surface area contributed by atoms with Gasteiger partial charge < -0.3 is 20.3 Å². The van der Waals surface area contributed by atoms with E-state index in [-0.39, 0.29) is 54.9 Å². The first kappa shape index (κ1) is 34.2. The van der Waals surface area contributed by atoms with Gasteiger partial charge in [-0.25, -0.2) is 19.4 Å². The number of rotatable bonds is 7. The van der Waals surface area contributed by atoms with Gasteiger partial charge in [-0.2, -0.15) is 21.6 Å². The van der Waals surface area contributed by atoms with E-state index < -0.39 is 44.0 Å². The standard InChI is InChI=1S/C32H37F3N8O5S/c1-30(2)19-21-5-4-15-41(16-10-23(36)44)24-6-3-7-27(37-24)49(46,47)40-29(45)22-8-9-25(38-28(22)42(30)20-21)43-17-11-26(39-43)48-18-14-31(12-13-31)32(33,34)35/h3,6-11,16-17,21H,4-5,12-15,18-20H2,1-2H3,(H2,36,44)(H,40,45)/t21-/m0/s1. The van der Waals surface area contributed by atoms with Crippen molar-refractivity contribution >= 4 is 33.5 Å². The SMILES string of the molecule is CC1(C)C[C@@H]2CCCN(C=CC(N)=O)c3cccc(n3)S(=O)(=O)NC(=O)c3ccc(-n4ccc(OCCC5(C(F)(F)F)CC5)n4)nc3N1C2. The van der Waals surface area contributed by atoms with Gasteiger partial charge in [-0.05, 0) is 82.6 Å². The molecule has 1 aliphatic carbocycles. The largest absolute Gasteiger partial charge is 0.477 e. The fraction of sp³-hybridized carbons (Fsp3) is 0.469. The Labute approximate surface area is 281 Å². The van der Waals surface area contributed by atoms with Gasteiger partial charge in [0.2, 0.25) is 11.8 Å². The lowest BCUT2D eigenvalue weighted by atomic mass is 9.93. The average Bonchev–Trinajstić information content (AvgIpc) is 3.58. The number of ether oxygens (including phenoxy) is 1. The quantitative estimate of drug-likeness (QED) is 0.343. The maximum absolute atomic E-state index is 13.7. The Bertz CT molecular complexity index is 1890. The summed E-state index contributed by atoms with van der Waals surface area (Å²) in [5, 5.41) is 3.95. The molecule has 0 spiro atoms. The van der Waals surface area contributed by atoms with Crippen molar-refractivity contribution in [3.63, 3.8) is 0 Å². The zero-order chi connectivity index (χ0) is 35.2. The molecule has 49 heavy (non-hydrogen) atoms. The number of alkyl halides is 3. The second kappa shape index (κ2) is 12.7. The van der Waals surface area contributed by atoms with Crippen LogP contribution in [0.1, 0.15) is 62.7 Å². The smallest absolute Gasteiger partial charge is 0.394 e. The molecule has 3 aliphatic rings. The Morgan fingerprint density at radius 1 is 1.14 bits per heavy atom. The van der Waals surface area contributed by atoms with E-state index in [4.69, 9.17) is 15.5 Å². The number of nitrogens with two attached hydrogens (primary N) is 1. The molecule has 13 nitrogen and oxygen atoms in total. The van der Waals surface area contributed by atoms with Crippen LogP contribution in [0.2, 0.25) is 0 Å². The van der Waals surface area contributed by atoms with Gasteiger partial charge in [-0.15, -0.1) is 5.10 Å². The summed E-state index contributed by atoms with van der Waals surface area (Å²) in [4.78, 5) is 37.9. The van der Waals surface area contributed by atoms with Crippen molar-refractivity contribution in [1.29, 1.82) is 0 Å². The number of fused-ring (bicyclic) bond motifs is 6. The fourth-order valence-corrected chi connectivity index (χ4v) is 7.44. The van der Waals surface area contributed by atoms with Crippen molar-refractivity contribution in [2.24, 2.45) is 17.1 Å². The summed E-state index contributed by atoms with van der Waals surface area (Å²) >= 11 is 0. The van der Waals surface area contributed by atoms with Crippen LogP contribution >= 0.6 is 0 Å². The number of hydrogen-bond acceptors (Lipinski definition) is 10. The predicted molar refractivity (Wildman–Crippen MR) is 173 cm³/mol. The molecule has 4 bridgehead atoms. The minimum absolute atomic E-state index is 0.0172. The number of carbonyl (C=O) groups excluding carboxylic acids is 2. The summed E-state index contributed by atoms with van der Waals surface area (Å²) in [6.07, 6.45) is 2.13. The summed E-state index contributed by atoms with van der Waals surface area (Å²) < 4.78 is 75.9.